The van der Waals surface area contributed by atoms with E-state index in [1.807, 2.05) is 44.7 Å². The number of carbonyl (C=O) groups is 2. The maximum Gasteiger partial charge on any atom is 0.238 e. The Labute approximate surface area is 138 Å². The average Bonchev–Trinajstić information content (AvgIpc) is 2.50. The quantitative estimate of drug-likeness (QED) is 0.924. The van der Waals surface area contributed by atoms with E-state index in [0.717, 1.165) is 24.3 Å². The lowest BCUT2D eigenvalue weighted by atomic mass is 10.1. The van der Waals surface area contributed by atoms with Crippen LogP contribution in [0.3, 0.4) is 0 Å². The van der Waals surface area contributed by atoms with E-state index >= 15 is 0 Å². The van der Waals surface area contributed by atoms with Gasteiger partial charge in [0, 0.05) is 37.8 Å². The molecule has 5 nitrogen and oxygen atoms in total. The molecule has 0 aromatic heterocycles. The zero-order valence-electron chi connectivity index (χ0n) is 14.6. The van der Waals surface area contributed by atoms with Crippen molar-refractivity contribution in [2.75, 3.05) is 38.0 Å². The second-order valence-electron chi connectivity index (χ2n) is 6.62. The third kappa shape index (κ3) is 4.79. The molecule has 2 rings (SSSR count). The molecule has 1 aliphatic rings. The summed E-state index contributed by atoms with van der Waals surface area (Å²) in [6, 6.07) is 6.01. The molecule has 1 aromatic rings. The molecule has 0 spiro atoms. The molecule has 1 saturated heterocycles. The summed E-state index contributed by atoms with van der Waals surface area (Å²) in [5.74, 6) is 0.235. The topological polar surface area (TPSA) is 52.7 Å². The molecule has 1 heterocycles. The normalized spacial score (nSPS) is 15.8. The molecule has 1 N–H and O–H groups in total. The standard InChI is InChI=1S/C18H27N3O2/c1-13(2)18(23)21-9-7-20(8-10-21)12-17(22)19-16-6-5-14(3)11-15(16)4/h5-6,11,13H,7-10,12H2,1-4H3,(H,19,22). The van der Waals surface area contributed by atoms with Crippen molar-refractivity contribution in [2.24, 2.45) is 5.92 Å². The van der Waals surface area contributed by atoms with Gasteiger partial charge in [0.15, 0.2) is 0 Å². The van der Waals surface area contributed by atoms with Gasteiger partial charge < -0.3 is 10.2 Å². The molecule has 0 bridgehead atoms. The molecule has 0 atom stereocenters. The molecule has 23 heavy (non-hydrogen) atoms. The van der Waals surface area contributed by atoms with Crippen LogP contribution in [0.1, 0.15) is 25.0 Å². The van der Waals surface area contributed by atoms with Crippen LogP contribution in [0.4, 0.5) is 5.69 Å². The highest BCUT2D eigenvalue weighted by Gasteiger charge is 2.23. The van der Waals surface area contributed by atoms with E-state index in [0.29, 0.717) is 19.6 Å². The molecule has 1 aliphatic heterocycles. The third-order valence-electron chi connectivity index (χ3n) is 4.20. The molecule has 5 heteroatoms. The maximum atomic E-state index is 12.2. The van der Waals surface area contributed by atoms with Crippen LogP contribution < -0.4 is 5.32 Å². The summed E-state index contributed by atoms with van der Waals surface area (Å²) in [4.78, 5) is 28.2. The molecule has 0 saturated carbocycles. The molecule has 0 aliphatic carbocycles. The number of anilines is 1. The number of hydrogen-bond donors (Lipinski definition) is 1. The predicted octanol–water partition coefficient (Wildman–Crippen LogP) is 2.04. The van der Waals surface area contributed by atoms with E-state index in [9.17, 15) is 9.59 Å². The Morgan fingerprint density at radius 2 is 1.78 bits per heavy atom. The Bertz CT molecular complexity index is 576. The van der Waals surface area contributed by atoms with Gasteiger partial charge in [0.2, 0.25) is 11.8 Å². The third-order valence-corrected chi connectivity index (χ3v) is 4.20. The average molecular weight is 317 g/mol. The minimum atomic E-state index is 0.000546. The lowest BCUT2D eigenvalue weighted by Crippen LogP contribution is -2.51. The first-order valence-corrected chi connectivity index (χ1v) is 8.25. The minimum absolute atomic E-state index is 0.000546. The number of aryl methyl sites for hydroxylation is 2. The maximum absolute atomic E-state index is 12.2. The monoisotopic (exact) mass is 317 g/mol. The van der Waals surface area contributed by atoms with Crippen molar-refractivity contribution in [2.45, 2.75) is 27.7 Å². The van der Waals surface area contributed by atoms with Gasteiger partial charge in [0.25, 0.3) is 0 Å². The van der Waals surface area contributed by atoms with Crippen molar-refractivity contribution in [1.29, 1.82) is 0 Å². The molecule has 1 aromatic carbocycles. The highest BCUT2D eigenvalue weighted by Crippen LogP contribution is 2.16. The fraction of sp³-hybridized carbons (Fsp3) is 0.556. The Kier molecular flexibility index (Phi) is 5.77. The van der Waals surface area contributed by atoms with Crippen molar-refractivity contribution in [3.63, 3.8) is 0 Å². The second kappa shape index (κ2) is 7.59. The number of piperazine rings is 1. The fourth-order valence-corrected chi connectivity index (χ4v) is 2.84. The van der Waals surface area contributed by atoms with E-state index < -0.39 is 0 Å². The van der Waals surface area contributed by atoms with Crippen LogP contribution in [-0.2, 0) is 9.59 Å². The molecule has 0 radical (unpaired) electrons. The SMILES string of the molecule is Cc1ccc(NC(=O)CN2CCN(C(=O)C(C)C)CC2)c(C)c1. The van der Waals surface area contributed by atoms with Gasteiger partial charge in [0.1, 0.15) is 0 Å². The molecule has 0 unspecified atom stereocenters. The first-order chi connectivity index (χ1) is 10.9. The van der Waals surface area contributed by atoms with Crippen molar-refractivity contribution in [1.82, 2.24) is 9.80 Å². The molecular formula is C18H27N3O2. The van der Waals surface area contributed by atoms with Gasteiger partial charge in [0.05, 0.1) is 6.54 Å². The fourth-order valence-electron chi connectivity index (χ4n) is 2.84. The number of nitrogens with zero attached hydrogens (tertiary/aromatic N) is 2. The van der Waals surface area contributed by atoms with Crippen molar-refractivity contribution in [3.8, 4) is 0 Å². The van der Waals surface area contributed by atoms with Crippen LogP contribution in [-0.4, -0.2) is 54.3 Å². The Balaban J connectivity index is 1.82. The molecule has 2 amide bonds. The van der Waals surface area contributed by atoms with Crippen LogP contribution in [0.2, 0.25) is 0 Å². The summed E-state index contributed by atoms with van der Waals surface area (Å²) < 4.78 is 0. The van der Waals surface area contributed by atoms with E-state index in [1.165, 1.54) is 5.56 Å². The summed E-state index contributed by atoms with van der Waals surface area (Å²) in [6.07, 6.45) is 0. The summed E-state index contributed by atoms with van der Waals surface area (Å²) in [6.45, 7) is 11.2. The van der Waals surface area contributed by atoms with Crippen LogP contribution >= 0.6 is 0 Å². The zero-order valence-corrected chi connectivity index (χ0v) is 14.6. The van der Waals surface area contributed by atoms with Crippen molar-refractivity contribution >= 4 is 17.5 Å². The number of amides is 2. The number of benzene rings is 1. The zero-order chi connectivity index (χ0) is 17.0. The van der Waals surface area contributed by atoms with E-state index in [1.54, 1.807) is 0 Å². The highest BCUT2D eigenvalue weighted by atomic mass is 16.2. The first kappa shape index (κ1) is 17.5. The largest absolute Gasteiger partial charge is 0.340 e. The van der Waals surface area contributed by atoms with Crippen LogP contribution in [0.5, 0.6) is 0 Å². The van der Waals surface area contributed by atoms with E-state index in [2.05, 4.69) is 16.3 Å². The van der Waals surface area contributed by atoms with Gasteiger partial charge in [-0.1, -0.05) is 31.5 Å². The summed E-state index contributed by atoms with van der Waals surface area (Å²) >= 11 is 0. The van der Waals surface area contributed by atoms with Gasteiger partial charge in [-0.15, -0.1) is 0 Å². The van der Waals surface area contributed by atoms with Gasteiger partial charge in [-0.25, -0.2) is 0 Å². The van der Waals surface area contributed by atoms with E-state index in [-0.39, 0.29) is 17.7 Å². The van der Waals surface area contributed by atoms with Gasteiger partial charge in [-0.05, 0) is 25.5 Å². The van der Waals surface area contributed by atoms with Crippen molar-refractivity contribution < 1.29 is 9.59 Å². The number of hydrogen-bond acceptors (Lipinski definition) is 3. The second-order valence-corrected chi connectivity index (χ2v) is 6.62. The van der Waals surface area contributed by atoms with Gasteiger partial charge in [-0.2, -0.15) is 0 Å². The van der Waals surface area contributed by atoms with Crippen LogP contribution in [0, 0.1) is 19.8 Å². The predicted molar refractivity (Wildman–Crippen MR) is 92.4 cm³/mol. The van der Waals surface area contributed by atoms with Gasteiger partial charge in [-0.3, -0.25) is 14.5 Å². The minimum Gasteiger partial charge on any atom is -0.340 e. The molecule has 1 fully saturated rings. The number of rotatable bonds is 4. The Morgan fingerprint density at radius 1 is 1.13 bits per heavy atom. The van der Waals surface area contributed by atoms with Crippen LogP contribution in [0.25, 0.3) is 0 Å². The van der Waals surface area contributed by atoms with Crippen molar-refractivity contribution in [3.05, 3.63) is 29.3 Å². The summed E-state index contributed by atoms with van der Waals surface area (Å²) in [5.41, 5.74) is 3.13. The number of nitrogens with one attached hydrogen (secondary N) is 1. The Hall–Kier alpha value is -1.88. The van der Waals surface area contributed by atoms with E-state index in [4.69, 9.17) is 0 Å². The highest BCUT2D eigenvalue weighted by molar-refractivity contribution is 5.93. The van der Waals surface area contributed by atoms with Gasteiger partial charge >= 0.3 is 0 Å². The van der Waals surface area contributed by atoms with Crippen LogP contribution in [0.15, 0.2) is 18.2 Å². The summed E-state index contributed by atoms with van der Waals surface area (Å²) in [5, 5.41) is 2.98. The number of carbonyl (C=O) groups excluding carboxylic acids is 2. The Morgan fingerprint density at radius 3 is 2.35 bits per heavy atom. The lowest BCUT2D eigenvalue weighted by molar-refractivity contribution is -0.136. The lowest BCUT2D eigenvalue weighted by Gasteiger charge is -2.35. The molecular weight excluding hydrogens is 290 g/mol. The molecule has 126 valence electrons. The smallest absolute Gasteiger partial charge is 0.238 e. The summed E-state index contributed by atoms with van der Waals surface area (Å²) in [7, 11) is 0. The first-order valence-electron chi connectivity index (χ1n) is 8.25.